The third kappa shape index (κ3) is 9.64. The van der Waals surface area contributed by atoms with E-state index in [0.717, 1.165) is 77.8 Å². The number of aliphatic carboxylic acids is 2. The number of aryl methyl sites for hydroxylation is 1. The molecule has 0 radical (unpaired) electrons. The van der Waals surface area contributed by atoms with Crippen molar-refractivity contribution in [2.24, 2.45) is 10.8 Å². The highest BCUT2D eigenvalue weighted by atomic mass is 35.5. The van der Waals surface area contributed by atoms with Crippen LogP contribution in [-0.2, 0) is 28.0 Å². The molecule has 50 heavy (non-hydrogen) atoms. The Hall–Kier alpha value is -3.04. The van der Waals surface area contributed by atoms with Crippen molar-refractivity contribution in [1.82, 2.24) is 4.98 Å². The minimum atomic E-state index is -0.954. The number of pyridine rings is 1. The fraction of sp³-hybridized carbons (Fsp3) is 0.439. The minimum Gasteiger partial charge on any atom is -0.481 e. The molecule has 3 N–H and O–H groups in total. The Morgan fingerprint density at radius 2 is 1.42 bits per heavy atom. The summed E-state index contributed by atoms with van der Waals surface area (Å²) in [5.74, 6) is 0.0940. The van der Waals surface area contributed by atoms with Gasteiger partial charge in [-0.25, -0.2) is 0 Å². The van der Waals surface area contributed by atoms with Crippen LogP contribution in [0.15, 0.2) is 78.9 Å². The summed E-state index contributed by atoms with van der Waals surface area (Å²) in [5.41, 5.74) is 5.02. The van der Waals surface area contributed by atoms with E-state index in [9.17, 15) is 24.9 Å². The van der Waals surface area contributed by atoms with E-state index in [0.29, 0.717) is 11.4 Å². The monoisotopic (exact) mass is 731 g/mol. The first-order valence-corrected chi connectivity index (χ1v) is 19.9. The van der Waals surface area contributed by atoms with E-state index in [2.05, 4.69) is 42.5 Å². The standard InChI is InChI=1S/C41H46ClNO5S2/c1-39(2,48)33-9-4-3-6-27(33)12-15-35(49-25-40(16-17-40)23-37(44)45)29-7-5-8-30(20-29)36(50-26-41(18-19-41)24-38(46)47)22-32-14-11-28-10-13-31(42)21-34(28)43-32/h3-11,13-14,20-21,35-36,48H,12,15-19,22-26H2,1-2H3,(H,44,45)(H,46,47). The molecule has 0 saturated heterocycles. The number of thioether (sulfide) groups is 2. The number of aromatic nitrogens is 1. The van der Waals surface area contributed by atoms with E-state index >= 15 is 0 Å². The maximum Gasteiger partial charge on any atom is 0.303 e. The van der Waals surface area contributed by atoms with Crippen LogP contribution in [0.3, 0.4) is 0 Å². The molecule has 3 aromatic carbocycles. The predicted molar refractivity (Wildman–Crippen MR) is 205 cm³/mol. The van der Waals surface area contributed by atoms with Crippen molar-refractivity contribution >= 4 is 58.0 Å². The Bertz CT molecular complexity index is 1850. The predicted octanol–water partition coefficient (Wildman–Crippen LogP) is 10.0. The van der Waals surface area contributed by atoms with Crippen LogP contribution in [0.4, 0.5) is 0 Å². The van der Waals surface area contributed by atoms with Gasteiger partial charge in [-0.15, -0.1) is 0 Å². The van der Waals surface area contributed by atoms with Gasteiger partial charge < -0.3 is 15.3 Å². The molecule has 4 aromatic rings. The average Bonchev–Trinajstić information content (AvgIpc) is 4.00. The van der Waals surface area contributed by atoms with Crippen molar-refractivity contribution in [3.05, 3.63) is 112 Å². The van der Waals surface area contributed by atoms with Gasteiger partial charge in [-0.2, -0.15) is 23.5 Å². The number of carboxylic acid groups (broad SMARTS) is 2. The molecular weight excluding hydrogens is 686 g/mol. The average molecular weight is 732 g/mol. The molecule has 6 rings (SSSR count). The molecule has 0 aliphatic heterocycles. The third-order valence-corrected chi connectivity index (χ3v) is 13.8. The number of carbonyl (C=O) groups is 2. The first kappa shape index (κ1) is 36.7. The molecule has 2 atom stereocenters. The number of fused-ring (bicyclic) bond motifs is 1. The van der Waals surface area contributed by atoms with Gasteiger partial charge in [0, 0.05) is 44.5 Å². The maximum absolute atomic E-state index is 11.7. The quantitative estimate of drug-likeness (QED) is 0.0928. The highest BCUT2D eigenvalue weighted by molar-refractivity contribution is 7.99. The molecule has 264 valence electrons. The fourth-order valence-electron chi connectivity index (χ4n) is 6.93. The molecule has 2 saturated carbocycles. The molecule has 1 heterocycles. The summed E-state index contributed by atoms with van der Waals surface area (Å²) in [6.07, 6.45) is 6.49. The first-order chi connectivity index (χ1) is 23.8. The summed E-state index contributed by atoms with van der Waals surface area (Å²) in [4.78, 5) is 28.4. The van der Waals surface area contributed by atoms with Crippen molar-refractivity contribution in [1.29, 1.82) is 0 Å². The van der Waals surface area contributed by atoms with Crippen LogP contribution in [-0.4, -0.2) is 43.7 Å². The van der Waals surface area contributed by atoms with E-state index in [1.165, 1.54) is 11.1 Å². The van der Waals surface area contributed by atoms with Gasteiger partial charge in [0.25, 0.3) is 0 Å². The zero-order valence-electron chi connectivity index (χ0n) is 28.7. The van der Waals surface area contributed by atoms with Crippen LogP contribution in [0.5, 0.6) is 0 Å². The van der Waals surface area contributed by atoms with Crippen molar-refractivity contribution in [2.45, 2.75) is 87.7 Å². The molecule has 2 unspecified atom stereocenters. The Labute approximate surface area is 308 Å². The molecule has 0 bridgehead atoms. The summed E-state index contributed by atoms with van der Waals surface area (Å²) in [7, 11) is 0. The number of halogens is 1. The number of aliphatic hydroxyl groups is 1. The van der Waals surface area contributed by atoms with Gasteiger partial charge in [0.1, 0.15) is 0 Å². The lowest BCUT2D eigenvalue weighted by Crippen LogP contribution is -2.18. The number of carboxylic acids is 2. The van der Waals surface area contributed by atoms with Crippen LogP contribution in [0.1, 0.15) is 97.2 Å². The van der Waals surface area contributed by atoms with E-state index in [1.54, 1.807) is 0 Å². The summed E-state index contributed by atoms with van der Waals surface area (Å²) in [6.45, 7) is 3.65. The second-order valence-electron chi connectivity index (χ2n) is 15.0. The normalized spacial score (nSPS) is 17.3. The number of hydrogen-bond acceptors (Lipinski definition) is 6. The molecule has 9 heteroatoms. The first-order valence-electron chi connectivity index (χ1n) is 17.4. The Kier molecular flexibility index (Phi) is 11.2. The fourth-order valence-corrected chi connectivity index (χ4v) is 10.2. The second-order valence-corrected chi connectivity index (χ2v) is 17.8. The van der Waals surface area contributed by atoms with Gasteiger partial charge in [-0.3, -0.25) is 14.6 Å². The topological polar surface area (TPSA) is 108 Å². The van der Waals surface area contributed by atoms with Crippen LogP contribution in [0, 0.1) is 10.8 Å². The van der Waals surface area contributed by atoms with Crippen LogP contribution in [0.2, 0.25) is 5.02 Å². The number of rotatable bonds is 18. The van der Waals surface area contributed by atoms with Crippen LogP contribution >= 0.6 is 35.1 Å². The minimum absolute atomic E-state index is 0.0636. The van der Waals surface area contributed by atoms with Gasteiger partial charge in [-0.1, -0.05) is 72.3 Å². The lowest BCUT2D eigenvalue weighted by Gasteiger charge is -2.25. The van der Waals surface area contributed by atoms with E-state index < -0.39 is 17.5 Å². The highest BCUT2D eigenvalue weighted by Gasteiger charge is 2.45. The van der Waals surface area contributed by atoms with Crippen LogP contribution in [0.25, 0.3) is 10.9 Å². The molecular formula is C41H46ClNO5S2. The van der Waals surface area contributed by atoms with Gasteiger partial charge in [0.05, 0.1) is 24.0 Å². The SMILES string of the molecule is CC(C)(O)c1ccccc1CCC(SCC1(CC(=O)O)CC1)c1cccc(C(Cc2ccc3ccc(Cl)cc3n2)SCC2(CC(=O)O)CC2)c1. The number of benzene rings is 3. The van der Waals surface area contributed by atoms with Gasteiger partial charge >= 0.3 is 11.9 Å². The zero-order chi connectivity index (χ0) is 35.5. The molecule has 2 aliphatic rings. The molecule has 2 fully saturated rings. The van der Waals surface area contributed by atoms with E-state index in [4.69, 9.17) is 16.6 Å². The highest BCUT2D eigenvalue weighted by Crippen LogP contribution is 2.55. The lowest BCUT2D eigenvalue weighted by molar-refractivity contribution is -0.139. The lowest BCUT2D eigenvalue weighted by atomic mass is 9.90. The summed E-state index contributed by atoms with van der Waals surface area (Å²) in [6, 6.07) is 26.8. The molecule has 0 amide bonds. The van der Waals surface area contributed by atoms with E-state index in [1.807, 2.05) is 73.8 Å². The molecule has 2 aliphatic carbocycles. The van der Waals surface area contributed by atoms with Gasteiger partial charge in [-0.05, 0) is 104 Å². The summed E-state index contributed by atoms with van der Waals surface area (Å²) in [5, 5.41) is 32.0. The smallest absolute Gasteiger partial charge is 0.303 e. The molecule has 6 nitrogen and oxygen atoms in total. The van der Waals surface area contributed by atoms with Crippen molar-refractivity contribution in [3.63, 3.8) is 0 Å². The molecule has 0 spiro atoms. The summed E-state index contributed by atoms with van der Waals surface area (Å²) < 4.78 is 0. The second kappa shape index (κ2) is 15.3. The van der Waals surface area contributed by atoms with Gasteiger partial charge in [0.2, 0.25) is 0 Å². The molecule has 1 aromatic heterocycles. The Balaban J connectivity index is 1.29. The van der Waals surface area contributed by atoms with Crippen molar-refractivity contribution < 1.29 is 24.9 Å². The summed E-state index contributed by atoms with van der Waals surface area (Å²) >= 11 is 10.00. The van der Waals surface area contributed by atoms with Crippen molar-refractivity contribution in [3.8, 4) is 0 Å². The Morgan fingerprint density at radius 1 is 0.820 bits per heavy atom. The van der Waals surface area contributed by atoms with E-state index in [-0.39, 0.29) is 34.2 Å². The Morgan fingerprint density at radius 3 is 2.04 bits per heavy atom. The zero-order valence-corrected chi connectivity index (χ0v) is 31.1. The maximum atomic E-state index is 11.7. The third-order valence-electron chi connectivity index (χ3n) is 10.3. The number of hydrogen-bond donors (Lipinski definition) is 3. The largest absolute Gasteiger partial charge is 0.481 e. The van der Waals surface area contributed by atoms with Gasteiger partial charge in [0.15, 0.2) is 0 Å². The van der Waals surface area contributed by atoms with Crippen LogP contribution < -0.4 is 0 Å². The number of nitrogens with zero attached hydrogens (tertiary/aromatic N) is 1. The van der Waals surface area contributed by atoms with Crippen molar-refractivity contribution in [2.75, 3.05) is 11.5 Å².